The van der Waals surface area contributed by atoms with Gasteiger partial charge in [0.1, 0.15) is 11.5 Å². The minimum atomic E-state index is -0.134. The van der Waals surface area contributed by atoms with Crippen LogP contribution in [0.2, 0.25) is 0 Å². The predicted molar refractivity (Wildman–Crippen MR) is 97.3 cm³/mol. The largest absolute Gasteiger partial charge is 0.484 e. The fraction of sp³-hybridized carbons (Fsp3) is 0.158. The molecule has 1 N–H and O–H groups in total. The average molecular weight is 354 g/mol. The number of hydrogen-bond donors (Lipinski definition) is 1. The molecule has 0 aliphatic rings. The molecule has 0 unspecified atom stereocenters. The first-order valence-corrected chi connectivity index (χ1v) is 8.78. The van der Waals surface area contributed by atoms with E-state index in [9.17, 15) is 4.79 Å². The molecule has 0 atom stereocenters. The lowest BCUT2D eigenvalue weighted by Crippen LogP contribution is -2.30. The molecule has 5 nitrogen and oxygen atoms in total. The summed E-state index contributed by atoms with van der Waals surface area (Å²) in [5, 5.41) is 4.87. The van der Waals surface area contributed by atoms with Crippen LogP contribution in [0.1, 0.15) is 4.88 Å². The number of thiophene rings is 1. The Morgan fingerprint density at radius 1 is 1.04 bits per heavy atom. The molecule has 1 amide bonds. The van der Waals surface area contributed by atoms with Gasteiger partial charge in [0, 0.05) is 23.7 Å². The van der Waals surface area contributed by atoms with Crippen LogP contribution in [-0.4, -0.2) is 24.0 Å². The van der Waals surface area contributed by atoms with Crippen molar-refractivity contribution in [1.29, 1.82) is 0 Å². The smallest absolute Gasteiger partial charge is 0.257 e. The Labute approximate surface area is 150 Å². The first-order valence-electron chi connectivity index (χ1n) is 7.90. The van der Waals surface area contributed by atoms with Crippen molar-refractivity contribution in [3.63, 3.8) is 0 Å². The van der Waals surface area contributed by atoms with Crippen molar-refractivity contribution in [2.75, 3.05) is 13.2 Å². The van der Waals surface area contributed by atoms with Crippen molar-refractivity contribution in [3.8, 4) is 17.4 Å². The molecule has 2 aromatic heterocycles. The van der Waals surface area contributed by atoms with Crippen LogP contribution in [0.5, 0.6) is 17.4 Å². The Kier molecular flexibility index (Phi) is 6.01. The van der Waals surface area contributed by atoms with Gasteiger partial charge in [-0.3, -0.25) is 4.79 Å². The zero-order chi connectivity index (χ0) is 17.3. The minimum Gasteiger partial charge on any atom is -0.484 e. The molecule has 25 heavy (non-hydrogen) atoms. The van der Waals surface area contributed by atoms with E-state index < -0.39 is 0 Å². The van der Waals surface area contributed by atoms with Gasteiger partial charge in [0.2, 0.25) is 5.88 Å². The van der Waals surface area contributed by atoms with E-state index in [-0.39, 0.29) is 12.5 Å². The maximum Gasteiger partial charge on any atom is 0.257 e. The van der Waals surface area contributed by atoms with Crippen LogP contribution in [0, 0.1) is 0 Å². The van der Waals surface area contributed by atoms with Crippen molar-refractivity contribution < 1.29 is 14.3 Å². The third-order valence-corrected chi connectivity index (χ3v) is 4.26. The molecule has 0 fully saturated rings. The first kappa shape index (κ1) is 17.0. The summed E-state index contributed by atoms with van der Waals surface area (Å²) >= 11 is 1.69. The zero-order valence-corrected chi connectivity index (χ0v) is 14.4. The molecule has 6 heteroatoms. The Morgan fingerprint density at radius 3 is 2.60 bits per heavy atom. The lowest BCUT2D eigenvalue weighted by molar-refractivity contribution is -0.123. The second-order valence-electron chi connectivity index (χ2n) is 5.21. The SMILES string of the molecule is O=C(COc1ccc(Oc2ccccn2)cc1)NCCc1cccs1. The highest BCUT2D eigenvalue weighted by Crippen LogP contribution is 2.22. The van der Waals surface area contributed by atoms with E-state index in [2.05, 4.69) is 16.4 Å². The topological polar surface area (TPSA) is 60.5 Å². The van der Waals surface area contributed by atoms with E-state index in [1.807, 2.05) is 23.6 Å². The summed E-state index contributed by atoms with van der Waals surface area (Å²) in [6.07, 6.45) is 2.51. The second-order valence-corrected chi connectivity index (χ2v) is 6.24. The number of hydrogen-bond acceptors (Lipinski definition) is 5. The quantitative estimate of drug-likeness (QED) is 0.670. The lowest BCUT2D eigenvalue weighted by atomic mass is 10.3. The summed E-state index contributed by atoms with van der Waals surface area (Å²) in [5.41, 5.74) is 0. The second kappa shape index (κ2) is 8.84. The number of nitrogens with one attached hydrogen (secondary N) is 1. The number of amides is 1. The van der Waals surface area contributed by atoms with Crippen molar-refractivity contribution in [1.82, 2.24) is 10.3 Å². The summed E-state index contributed by atoms with van der Waals surface area (Å²) < 4.78 is 11.1. The van der Waals surface area contributed by atoms with Gasteiger partial charge in [0.15, 0.2) is 6.61 Å². The molecule has 3 rings (SSSR count). The monoisotopic (exact) mass is 354 g/mol. The molecular weight excluding hydrogens is 336 g/mol. The molecule has 0 bridgehead atoms. The molecule has 0 radical (unpaired) electrons. The van der Waals surface area contributed by atoms with Crippen molar-refractivity contribution in [3.05, 3.63) is 71.1 Å². The maximum atomic E-state index is 11.8. The molecule has 0 saturated carbocycles. The van der Waals surface area contributed by atoms with Gasteiger partial charge in [-0.05, 0) is 48.2 Å². The lowest BCUT2D eigenvalue weighted by Gasteiger charge is -2.08. The number of carbonyl (C=O) groups is 1. The molecule has 1 aromatic carbocycles. The summed E-state index contributed by atoms with van der Waals surface area (Å²) in [7, 11) is 0. The first-order chi connectivity index (χ1) is 12.3. The van der Waals surface area contributed by atoms with Crippen molar-refractivity contribution in [2.24, 2.45) is 0 Å². The van der Waals surface area contributed by atoms with Gasteiger partial charge in [-0.15, -0.1) is 11.3 Å². The number of rotatable bonds is 8. The van der Waals surface area contributed by atoms with E-state index in [1.165, 1.54) is 4.88 Å². The van der Waals surface area contributed by atoms with Crippen molar-refractivity contribution in [2.45, 2.75) is 6.42 Å². The fourth-order valence-electron chi connectivity index (χ4n) is 2.11. The molecule has 0 saturated heterocycles. The number of ether oxygens (including phenoxy) is 2. The van der Waals surface area contributed by atoms with Gasteiger partial charge in [-0.25, -0.2) is 4.98 Å². The Bertz CT molecular complexity index is 774. The Morgan fingerprint density at radius 2 is 1.88 bits per heavy atom. The molecule has 128 valence electrons. The number of carbonyl (C=O) groups excluding carboxylic acids is 1. The summed E-state index contributed by atoms with van der Waals surface area (Å²) in [6.45, 7) is 0.602. The van der Waals surface area contributed by atoms with E-state index >= 15 is 0 Å². The van der Waals surface area contributed by atoms with Crippen LogP contribution in [0.4, 0.5) is 0 Å². The standard InChI is InChI=1S/C19H18N2O3S/c22-18(20-12-10-17-4-3-13-25-17)14-23-15-6-8-16(9-7-15)24-19-5-1-2-11-21-19/h1-9,11,13H,10,12,14H2,(H,20,22). The van der Waals surface area contributed by atoms with Gasteiger partial charge < -0.3 is 14.8 Å². The van der Waals surface area contributed by atoms with E-state index in [4.69, 9.17) is 9.47 Å². The highest BCUT2D eigenvalue weighted by Gasteiger charge is 2.04. The van der Waals surface area contributed by atoms with Gasteiger partial charge >= 0.3 is 0 Å². The molecule has 0 aliphatic carbocycles. The van der Waals surface area contributed by atoms with Gasteiger partial charge in [-0.1, -0.05) is 12.1 Å². The van der Waals surface area contributed by atoms with Crippen molar-refractivity contribution >= 4 is 17.2 Å². The predicted octanol–water partition coefficient (Wildman–Crippen LogP) is 3.67. The molecule has 3 aromatic rings. The van der Waals surface area contributed by atoms with E-state index in [0.29, 0.717) is 23.9 Å². The molecular formula is C19H18N2O3S. The highest BCUT2D eigenvalue weighted by molar-refractivity contribution is 7.09. The molecule has 0 spiro atoms. The maximum absolute atomic E-state index is 11.8. The van der Waals surface area contributed by atoms with E-state index in [1.54, 1.807) is 47.9 Å². The van der Waals surface area contributed by atoms with Crippen LogP contribution < -0.4 is 14.8 Å². The van der Waals surface area contributed by atoms with Gasteiger partial charge in [-0.2, -0.15) is 0 Å². The highest BCUT2D eigenvalue weighted by atomic mass is 32.1. The van der Waals surface area contributed by atoms with Crippen LogP contribution in [0.15, 0.2) is 66.2 Å². The number of aromatic nitrogens is 1. The Balaban J connectivity index is 1.40. The number of nitrogens with zero attached hydrogens (tertiary/aromatic N) is 1. The zero-order valence-electron chi connectivity index (χ0n) is 13.6. The summed E-state index contributed by atoms with van der Waals surface area (Å²) in [5.74, 6) is 1.67. The summed E-state index contributed by atoms with van der Waals surface area (Å²) in [4.78, 5) is 17.1. The number of pyridine rings is 1. The summed E-state index contributed by atoms with van der Waals surface area (Å²) in [6, 6.07) is 16.6. The number of benzene rings is 1. The van der Waals surface area contributed by atoms with Gasteiger partial charge in [0.25, 0.3) is 5.91 Å². The van der Waals surface area contributed by atoms with Crippen LogP contribution >= 0.6 is 11.3 Å². The average Bonchev–Trinajstić information content (AvgIpc) is 3.15. The molecule has 0 aliphatic heterocycles. The third-order valence-electron chi connectivity index (χ3n) is 3.33. The minimum absolute atomic E-state index is 0.00904. The van der Waals surface area contributed by atoms with Crippen LogP contribution in [0.3, 0.4) is 0 Å². The van der Waals surface area contributed by atoms with E-state index in [0.717, 1.165) is 6.42 Å². The molecule has 2 heterocycles. The normalized spacial score (nSPS) is 10.2. The van der Waals surface area contributed by atoms with Gasteiger partial charge in [0.05, 0.1) is 0 Å². The third kappa shape index (κ3) is 5.61. The fourth-order valence-corrected chi connectivity index (χ4v) is 2.82. The Hall–Kier alpha value is -2.86. The van der Waals surface area contributed by atoms with Crippen LogP contribution in [0.25, 0.3) is 0 Å². The van der Waals surface area contributed by atoms with Crippen LogP contribution in [-0.2, 0) is 11.2 Å².